The molecule has 6 nitrogen and oxygen atoms in total. The van der Waals surface area contributed by atoms with Gasteiger partial charge in [-0.2, -0.15) is 0 Å². The van der Waals surface area contributed by atoms with Gasteiger partial charge in [0.05, 0.1) is 4.90 Å². The predicted octanol–water partition coefficient (Wildman–Crippen LogP) is 3.08. The Balaban J connectivity index is 1.53. The van der Waals surface area contributed by atoms with Gasteiger partial charge >= 0.3 is 0 Å². The van der Waals surface area contributed by atoms with Gasteiger partial charge in [0.1, 0.15) is 0 Å². The van der Waals surface area contributed by atoms with Gasteiger partial charge in [0, 0.05) is 24.2 Å². The van der Waals surface area contributed by atoms with E-state index in [1.165, 1.54) is 12.5 Å². The van der Waals surface area contributed by atoms with E-state index in [1.54, 1.807) is 36.4 Å². The molecule has 0 radical (unpaired) electrons. The Morgan fingerprint density at radius 3 is 2.32 bits per heavy atom. The maximum Gasteiger partial charge on any atom is 0.240 e. The summed E-state index contributed by atoms with van der Waals surface area (Å²) in [5.74, 6) is -0.349. The van der Waals surface area contributed by atoms with Crippen molar-refractivity contribution >= 4 is 27.4 Å². The molecule has 2 aromatic carbocycles. The summed E-state index contributed by atoms with van der Waals surface area (Å²) in [7, 11) is -3.64. The second-order valence-electron chi connectivity index (χ2n) is 6.97. The van der Waals surface area contributed by atoms with Gasteiger partial charge in [-0.1, -0.05) is 6.07 Å². The number of Topliss-reactive ketones (excluding diaryl/α,β-unsaturated/α-hetero) is 1. The molecular weight excluding hydrogens is 376 g/mol. The molecule has 0 heterocycles. The SMILES string of the molecule is CC(=O)c1ccc(NC(=O)CCNS(=O)(=O)c2ccc3c(c2)CCCC3)cc1. The summed E-state index contributed by atoms with van der Waals surface area (Å²) in [4.78, 5) is 23.5. The summed E-state index contributed by atoms with van der Waals surface area (Å²) in [6.45, 7) is 1.49. The Morgan fingerprint density at radius 2 is 1.64 bits per heavy atom. The molecule has 1 aliphatic carbocycles. The molecular formula is C21H24N2O4S. The van der Waals surface area contributed by atoms with Crippen molar-refractivity contribution in [1.29, 1.82) is 0 Å². The molecule has 0 saturated heterocycles. The number of aryl methyl sites for hydroxylation is 2. The Hall–Kier alpha value is -2.51. The number of anilines is 1. The lowest BCUT2D eigenvalue weighted by Crippen LogP contribution is -2.28. The third-order valence-electron chi connectivity index (χ3n) is 4.85. The van der Waals surface area contributed by atoms with Crippen LogP contribution in [-0.2, 0) is 27.7 Å². The van der Waals surface area contributed by atoms with Crippen molar-refractivity contribution in [2.75, 3.05) is 11.9 Å². The molecule has 2 aromatic rings. The zero-order chi connectivity index (χ0) is 20.1. The van der Waals surface area contributed by atoms with Crippen molar-refractivity contribution in [1.82, 2.24) is 4.72 Å². The minimum atomic E-state index is -3.64. The van der Waals surface area contributed by atoms with E-state index in [0.717, 1.165) is 31.2 Å². The second kappa shape index (κ2) is 8.67. The van der Waals surface area contributed by atoms with Crippen molar-refractivity contribution in [2.45, 2.75) is 43.9 Å². The number of ketones is 1. The number of amides is 1. The number of carbonyl (C=O) groups is 2. The first-order valence-electron chi connectivity index (χ1n) is 9.37. The summed E-state index contributed by atoms with van der Waals surface area (Å²) in [6.07, 6.45) is 4.14. The van der Waals surface area contributed by atoms with Crippen LogP contribution in [0.5, 0.6) is 0 Å². The Labute approximate surface area is 165 Å². The molecule has 28 heavy (non-hydrogen) atoms. The fraction of sp³-hybridized carbons (Fsp3) is 0.333. The summed E-state index contributed by atoms with van der Waals surface area (Å²) in [5.41, 5.74) is 3.45. The van der Waals surface area contributed by atoms with Gasteiger partial charge < -0.3 is 5.32 Å². The van der Waals surface area contributed by atoms with Crippen LogP contribution >= 0.6 is 0 Å². The maximum atomic E-state index is 12.5. The van der Waals surface area contributed by atoms with Crippen LogP contribution in [0.2, 0.25) is 0 Å². The van der Waals surface area contributed by atoms with E-state index in [1.807, 2.05) is 6.07 Å². The van der Waals surface area contributed by atoms with Gasteiger partial charge in [0.15, 0.2) is 5.78 Å². The minimum absolute atomic E-state index is 0.0107. The summed E-state index contributed by atoms with van der Waals surface area (Å²) in [6, 6.07) is 11.8. The standard InChI is InChI=1S/C21H24N2O4S/c1-15(24)16-6-9-19(10-7-16)23-21(25)12-13-22-28(26,27)20-11-8-17-4-2-3-5-18(17)14-20/h6-11,14,22H,2-5,12-13H2,1H3,(H,23,25). The predicted molar refractivity (Wildman–Crippen MR) is 108 cm³/mol. The number of benzene rings is 2. The van der Waals surface area contributed by atoms with Crippen LogP contribution in [0.25, 0.3) is 0 Å². The number of sulfonamides is 1. The Kier molecular flexibility index (Phi) is 6.26. The molecule has 0 aliphatic heterocycles. The Morgan fingerprint density at radius 1 is 0.964 bits per heavy atom. The lowest BCUT2D eigenvalue weighted by molar-refractivity contribution is -0.116. The van der Waals surface area contributed by atoms with Gasteiger partial charge in [-0.25, -0.2) is 13.1 Å². The molecule has 7 heteroatoms. The van der Waals surface area contributed by atoms with Crippen molar-refractivity contribution < 1.29 is 18.0 Å². The summed E-state index contributed by atoms with van der Waals surface area (Å²) >= 11 is 0. The van der Waals surface area contributed by atoms with Gasteiger partial charge in [-0.05, 0) is 80.1 Å². The minimum Gasteiger partial charge on any atom is -0.326 e. The van der Waals surface area contributed by atoms with Crippen LogP contribution in [0, 0.1) is 0 Å². The van der Waals surface area contributed by atoms with Crippen LogP contribution in [0.3, 0.4) is 0 Å². The number of hydrogen-bond donors (Lipinski definition) is 2. The number of hydrogen-bond acceptors (Lipinski definition) is 4. The van der Waals surface area contributed by atoms with Crippen LogP contribution in [0.1, 0.15) is 47.7 Å². The van der Waals surface area contributed by atoms with E-state index in [2.05, 4.69) is 10.0 Å². The van der Waals surface area contributed by atoms with Gasteiger partial charge in [-0.3, -0.25) is 9.59 Å². The molecule has 0 unspecified atom stereocenters. The molecule has 0 bridgehead atoms. The average Bonchev–Trinajstić information content (AvgIpc) is 2.68. The molecule has 2 N–H and O–H groups in total. The third-order valence-corrected chi connectivity index (χ3v) is 6.31. The number of nitrogens with one attached hydrogen (secondary N) is 2. The Bertz CT molecular complexity index is 982. The first-order chi connectivity index (χ1) is 13.3. The molecule has 1 amide bonds. The van der Waals surface area contributed by atoms with E-state index >= 15 is 0 Å². The van der Waals surface area contributed by atoms with Crippen LogP contribution in [0.4, 0.5) is 5.69 Å². The monoisotopic (exact) mass is 400 g/mol. The van der Waals surface area contributed by atoms with Crippen LogP contribution in [0.15, 0.2) is 47.4 Å². The van der Waals surface area contributed by atoms with Crippen LogP contribution < -0.4 is 10.0 Å². The number of rotatable bonds is 7. The first kappa shape index (κ1) is 20.2. The highest BCUT2D eigenvalue weighted by atomic mass is 32.2. The van der Waals surface area contributed by atoms with Crippen molar-refractivity contribution in [3.63, 3.8) is 0 Å². The molecule has 0 fully saturated rings. The zero-order valence-corrected chi connectivity index (χ0v) is 16.6. The highest BCUT2D eigenvalue weighted by Crippen LogP contribution is 2.24. The topological polar surface area (TPSA) is 92.3 Å². The second-order valence-corrected chi connectivity index (χ2v) is 8.73. The van der Waals surface area contributed by atoms with E-state index < -0.39 is 10.0 Å². The lowest BCUT2D eigenvalue weighted by atomic mass is 9.92. The van der Waals surface area contributed by atoms with E-state index in [0.29, 0.717) is 11.3 Å². The van der Waals surface area contributed by atoms with Gasteiger partial charge in [0.25, 0.3) is 0 Å². The van der Waals surface area contributed by atoms with Crippen molar-refractivity contribution in [2.24, 2.45) is 0 Å². The molecule has 1 aliphatic rings. The van der Waals surface area contributed by atoms with E-state index in [4.69, 9.17) is 0 Å². The summed E-state index contributed by atoms with van der Waals surface area (Å²) < 4.78 is 27.5. The fourth-order valence-electron chi connectivity index (χ4n) is 3.27. The quantitative estimate of drug-likeness (QED) is 0.699. The molecule has 0 saturated carbocycles. The highest BCUT2D eigenvalue weighted by Gasteiger charge is 2.17. The molecule has 3 rings (SSSR count). The largest absolute Gasteiger partial charge is 0.326 e. The molecule has 0 aromatic heterocycles. The van der Waals surface area contributed by atoms with Crippen LogP contribution in [-0.4, -0.2) is 26.7 Å². The maximum absolute atomic E-state index is 12.5. The average molecular weight is 401 g/mol. The summed E-state index contributed by atoms with van der Waals surface area (Å²) in [5, 5.41) is 2.69. The lowest BCUT2D eigenvalue weighted by Gasteiger charge is -2.16. The van der Waals surface area contributed by atoms with Crippen molar-refractivity contribution in [3.05, 3.63) is 59.2 Å². The molecule has 148 valence electrons. The third kappa shape index (κ3) is 5.05. The molecule has 0 spiro atoms. The van der Waals surface area contributed by atoms with Gasteiger partial charge in [-0.15, -0.1) is 0 Å². The van der Waals surface area contributed by atoms with E-state index in [-0.39, 0.29) is 29.6 Å². The number of carbonyl (C=O) groups excluding carboxylic acids is 2. The first-order valence-corrected chi connectivity index (χ1v) is 10.9. The normalized spacial score (nSPS) is 13.6. The molecule has 0 atom stereocenters. The smallest absolute Gasteiger partial charge is 0.240 e. The zero-order valence-electron chi connectivity index (χ0n) is 15.8. The van der Waals surface area contributed by atoms with Gasteiger partial charge in [0.2, 0.25) is 15.9 Å². The number of fused-ring (bicyclic) bond motifs is 1. The fourth-order valence-corrected chi connectivity index (χ4v) is 4.35. The van der Waals surface area contributed by atoms with E-state index in [9.17, 15) is 18.0 Å². The highest BCUT2D eigenvalue weighted by molar-refractivity contribution is 7.89. The van der Waals surface area contributed by atoms with Crippen molar-refractivity contribution in [3.8, 4) is 0 Å².